The number of carbonyl (C=O) groups excluding carboxylic acids is 1. The third-order valence-corrected chi connectivity index (χ3v) is 7.16. The molecule has 5 nitrogen and oxygen atoms in total. The molecule has 4 aliphatic carbocycles. The van der Waals surface area contributed by atoms with Gasteiger partial charge in [0.05, 0.1) is 17.2 Å². The minimum absolute atomic E-state index is 0.000647. The van der Waals surface area contributed by atoms with Gasteiger partial charge in [-0.15, -0.1) is 0 Å². The van der Waals surface area contributed by atoms with Crippen molar-refractivity contribution in [2.45, 2.75) is 45.1 Å². The lowest BCUT2D eigenvalue weighted by atomic mass is 9.49. The Morgan fingerprint density at radius 3 is 2.52 bits per heavy atom. The van der Waals surface area contributed by atoms with Crippen LogP contribution >= 0.6 is 11.6 Å². The summed E-state index contributed by atoms with van der Waals surface area (Å²) < 4.78 is 1.37. The first-order valence-electron chi connectivity index (χ1n) is 9.91. The summed E-state index contributed by atoms with van der Waals surface area (Å²) in [5.74, 6) is 2.48. The van der Waals surface area contributed by atoms with Crippen LogP contribution in [0.4, 0.5) is 0 Å². The number of benzene rings is 1. The molecular weight excluding hydrogens is 362 g/mol. The van der Waals surface area contributed by atoms with Crippen LogP contribution in [0.3, 0.4) is 0 Å². The monoisotopic (exact) mass is 385 g/mol. The summed E-state index contributed by atoms with van der Waals surface area (Å²) in [6.07, 6.45) is 9.42. The summed E-state index contributed by atoms with van der Waals surface area (Å²) in [6.45, 7) is 0.748. The molecule has 1 heterocycles. The van der Waals surface area contributed by atoms with Gasteiger partial charge in [-0.2, -0.15) is 0 Å². The third kappa shape index (κ3) is 3.16. The van der Waals surface area contributed by atoms with Crippen LogP contribution in [-0.2, 0) is 11.3 Å². The predicted octanol–water partition coefficient (Wildman–Crippen LogP) is 3.38. The van der Waals surface area contributed by atoms with Gasteiger partial charge < -0.3 is 5.32 Å². The summed E-state index contributed by atoms with van der Waals surface area (Å²) in [6, 6.07) is 5.03. The van der Waals surface area contributed by atoms with Crippen molar-refractivity contribution < 1.29 is 4.79 Å². The van der Waals surface area contributed by atoms with E-state index in [1.54, 1.807) is 18.2 Å². The van der Waals surface area contributed by atoms with E-state index in [1.807, 2.05) is 0 Å². The summed E-state index contributed by atoms with van der Waals surface area (Å²) >= 11 is 5.99. The van der Waals surface area contributed by atoms with Crippen LogP contribution in [0.15, 0.2) is 29.3 Å². The molecule has 6 rings (SSSR count). The molecule has 4 bridgehead atoms. The molecule has 4 aliphatic rings. The maximum absolute atomic E-state index is 12.6. The number of fused-ring (bicyclic) bond motifs is 1. The lowest BCUT2D eigenvalue weighted by molar-refractivity contribution is -0.123. The molecule has 4 fully saturated rings. The van der Waals surface area contributed by atoms with Crippen LogP contribution < -0.4 is 10.9 Å². The number of nitrogens with zero attached hydrogens (tertiary/aromatic N) is 2. The Labute approximate surface area is 163 Å². The van der Waals surface area contributed by atoms with Crippen LogP contribution in [0.1, 0.15) is 38.5 Å². The summed E-state index contributed by atoms with van der Waals surface area (Å²) in [7, 11) is 0. The fraction of sp³-hybridized carbons (Fsp3) is 0.571. The maximum Gasteiger partial charge on any atom is 0.261 e. The predicted molar refractivity (Wildman–Crippen MR) is 105 cm³/mol. The van der Waals surface area contributed by atoms with Crippen LogP contribution in [-0.4, -0.2) is 22.0 Å². The fourth-order valence-corrected chi connectivity index (χ4v) is 6.42. The first-order chi connectivity index (χ1) is 13.0. The fourth-order valence-electron chi connectivity index (χ4n) is 6.25. The molecule has 0 spiro atoms. The van der Waals surface area contributed by atoms with Crippen molar-refractivity contribution in [3.8, 4) is 0 Å². The highest BCUT2D eigenvalue weighted by Crippen LogP contribution is 2.59. The average Bonchev–Trinajstić information content (AvgIpc) is 2.62. The highest BCUT2D eigenvalue weighted by atomic mass is 35.5. The van der Waals surface area contributed by atoms with E-state index in [0.29, 0.717) is 21.3 Å². The molecule has 1 aromatic carbocycles. The Morgan fingerprint density at radius 2 is 1.85 bits per heavy atom. The minimum atomic E-state index is -0.229. The lowest BCUT2D eigenvalue weighted by Gasteiger charge is -2.56. The number of carbonyl (C=O) groups is 1. The van der Waals surface area contributed by atoms with Crippen molar-refractivity contribution in [1.29, 1.82) is 0 Å². The number of aromatic nitrogens is 2. The van der Waals surface area contributed by atoms with E-state index in [2.05, 4.69) is 10.3 Å². The van der Waals surface area contributed by atoms with E-state index < -0.39 is 0 Å². The largest absolute Gasteiger partial charge is 0.354 e. The zero-order valence-electron chi connectivity index (χ0n) is 15.3. The Hall–Kier alpha value is -1.88. The van der Waals surface area contributed by atoms with Gasteiger partial charge in [-0.3, -0.25) is 14.2 Å². The number of rotatable bonds is 4. The number of hydrogen-bond acceptors (Lipinski definition) is 3. The van der Waals surface area contributed by atoms with E-state index in [4.69, 9.17) is 11.6 Å². The highest BCUT2D eigenvalue weighted by molar-refractivity contribution is 6.31. The third-order valence-electron chi connectivity index (χ3n) is 6.93. The topological polar surface area (TPSA) is 64.0 Å². The van der Waals surface area contributed by atoms with Crippen molar-refractivity contribution >= 4 is 28.4 Å². The molecule has 0 atom stereocenters. The number of hydrogen-bond donors (Lipinski definition) is 1. The zero-order chi connectivity index (χ0) is 18.6. The van der Waals surface area contributed by atoms with E-state index in [9.17, 15) is 9.59 Å². The van der Waals surface area contributed by atoms with Crippen LogP contribution in [0.25, 0.3) is 10.9 Å². The molecule has 0 radical (unpaired) electrons. The normalized spacial score (nSPS) is 31.4. The SMILES string of the molecule is O=C(Cn1cnc2ccc(Cl)cc2c1=O)NCC12CC3CC(CC(C3)C1)C2. The van der Waals surface area contributed by atoms with E-state index >= 15 is 0 Å². The van der Waals surface area contributed by atoms with Crippen LogP contribution in [0.2, 0.25) is 5.02 Å². The van der Waals surface area contributed by atoms with Gasteiger partial charge in [0.1, 0.15) is 6.54 Å². The van der Waals surface area contributed by atoms with Gasteiger partial charge in [-0.1, -0.05) is 11.6 Å². The molecule has 1 aromatic heterocycles. The number of halogens is 1. The van der Waals surface area contributed by atoms with Gasteiger partial charge in [0.25, 0.3) is 5.56 Å². The van der Waals surface area contributed by atoms with Crippen LogP contribution in [0.5, 0.6) is 0 Å². The van der Waals surface area contributed by atoms with Gasteiger partial charge in [-0.25, -0.2) is 4.98 Å². The molecule has 0 saturated heterocycles. The zero-order valence-corrected chi connectivity index (χ0v) is 16.0. The smallest absolute Gasteiger partial charge is 0.261 e. The summed E-state index contributed by atoms with van der Waals surface area (Å²) in [5.41, 5.74) is 0.659. The summed E-state index contributed by atoms with van der Waals surface area (Å²) in [5, 5.41) is 4.06. The molecule has 2 aromatic rings. The van der Waals surface area contributed by atoms with Gasteiger partial charge in [0.2, 0.25) is 5.91 Å². The molecule has 1 amide bonds. The molecule has 0 unspecified atom stereocenters. The molecule has 4 saturated carbocycles. The van der Waals surface area contributed by atoms with Gasteiger partial charge in [0.15, 0.2) is 0 Å². The van der Waals surface area contributed by atoms with Crippen LogP contribution in [0, 0.1) is 23.2 Å². The molecule has 27 heavy (non-hydrogen) atoms. The molecule has 1 N–H and O–H groups in total. The Morgan fingerprint density at radius 1 is 1.19 bits per heavy atom. The Balaban J connectivity index is 1.28. The van der Waals surface area contributed by atoms with Crippen molar-refractivity contribution in [1.82, 2.24) is 14.9 Å². The maximum atomic E-state index is 12.6. The standard InChI is InChI=1S/C21H24ClN3O2/c22-16-1-2-18-17(6-16)20(27)25(12-24-18)10-19(26)23-11-21-7-13-3-14(8-21)5-15(4-13)9-21/h1-2,6,12-15H,3-5,7-11H2,(H,23,26). The molecule has 6 heteroatoms. The molecule has 0 aliphatic heterocycles. The van der Waals surface area contributed by atoms with E-state index in [1.165, 1.54) is 49.4 Å². The van der Waals surface area contributed by atoms with E-state index in [-0.39, 0.29) is 18.0 Å². The van der Waals surface area contributed by atoms with Crippen molar-refractivity contribution in [2.75, 3.05) is 6.54 Å². The molecular formula is C21H24ClN3O2. The van der Waals surface area contributed by atoms with Crippen molar-refractivity contribution in [2.24, 2.45) is 23.2 Å². The minimum Gasteiger partial charge on any atom is -0.354 e. The van der Waals surface area contributed by atoms with Gasteiger partial charge in [0, 0.05) is 11.6 Å². The quantitative estimate of drug-likeness (QED) is 0.877. The Bertz CT molecular complexity index is 932. The Kier molecular flexibility index (Phi) is 4.04. The second-order valence-corrected chi connectivity index (χ2v) is 9.47. The second kappa shape index (κ2) is 6.33. The number of nitrogens with one attached hydrogen (secondary N) is 1. The average molecular weight is 386 g/mol. The van der Waals surface area contributed by atoms with E-state index in [0.717, 1.165) is 24.3 Å². The van der Waals surface area contributed by atoms with Crippen molar-refractivity contribution in [3.05, 3.63) is 39.9 Å². The van der Waals surface area contributed by atoms with Gasteiger partial charge in [-0.05, 0) is 79.9 Å². The second-order valence-electron chi connectivity index (χ2n) is 9.03. The summed E-state index contributed by atoms with van der Waals surface area (Å²) in [4.78, 5) is 29.4. The first-order valence-corrected chi connectivity index (χ1v) is 10.3. The number of amides is 1. The first kappa shape index (κ1) is 17.2. The lowest BCUT2D eigenvalue weighted by Crippen LogP contribution is -2.51. The highest BCUT2D eigenvalue weighted by Gasteiger charge is 2.50. The van der Waals surface area contributed by atoms with Crippen molar-refractivity contribution in [3.63, 3.8) is 0 Å². The molecule has 142 valence electrons. The van der Waals surface area contributed by atoms with Gasteiger partial charge >= 0.3 is 0 Å².